The molecule has 0 unspecified atom stereocenters. The zero-order valence-corrected chi connectivity index (χ0v) is 20.7. The van der Waals surface area contributed by atoms with Gasteiger partial charge in [0.2, 0.25) is 0 Å². The molecule has 0 atom stereocenters. The number of ether oxygens (including phenoxy) is 3. The fraction of sp³-hybridized carbons (Fsp3) is 0.391. The first-order chi connectivity index (χ1) is 15.5. The molecular weight excluding hydrogens is 496 g/mol. The van der Waals surface area contributed by atoms with Crippen LogP contribution in [0.1, 0.15) is 12.8 Å². The number of piperidine rings is 1. The van der Waals surface area contributed by atoms with Crippen LogP contribution in [0, 0.1) is 5.82 Å². The quantitative estimate of drug-likeness (QED) is 0.336. The monoisotopic (exact) mass is 520 g/mol. The van der Waals surface area contributed by atoms with Gasteiger partial charge in [0.1, 0.15) is 0 Å². The number of nitrogens with zero attached hydrogens (tertiary/aromatic N) is 3. The third-order valence-corrected chi connectivity index (χ3v) is 7.93. The van der Waals surface area contributed by atoms with Crippen molar-refractivity contribution >= 4 is 47.1 Å². The summed E-state index contributed by atoms with van der Waals surface area (Å²) in [6, 6.07) is 8.70. The van der Waals surface area contributed by atoms with E-state index in [9.17, 15) is 4.39 Å². The topological polar surface area (TPSA) is 56.7 Å². The van der Waals surface area contributed by atoms with Crippen LogP contribution in [0.4, 0.5) is 4.39 Å². The Balaban J connectivity index is 1.67. The number of likely N-dealkylation sites (tertiary alicyclic amines) is 1. The maximum atomic E-state index is 13.6. The zero-order chi connectivity index (χ0) is 22.5. The van der Waals surface area contributed by atoms with Gasteiger partial charge in [-0.05, 0) is 0 Å². The van der Waals surface area contributed by atoms with Crippen LogP contribution in [0.5, 0.6) is 11.5 Å². The Kier molecular flexibility index (Phi) is 7.84. The van der Waals surface area contributed by atoms with E-state index >= 15 is 0 Å². The number of fused-ring (bicyclic) bond motifs is 1. The van der Waals surface area contributed by atoms with E-state index in [1.54, 1.807) is 25.6 Å². The van der Waals surface area contributed by atoms with Crippen molar-refractivity contribution in [1.29, 1.82) is 0 Å². The number of halogens is 2. The summed E-state index contributed by atoms with van der Waals surface area (Å²) < 4.78 is 32.9. The molecule has 2 heterocycles. The molecule has 1 aromatic heterocycles. The van der Waals surface area contributed by atoms with Crippen molar-refractivity contribution in [2.75, 3.05) is 40.5 Å². The number of hydrogen-bond acceptors (Lipinski definition) is 6. The van der Waals surface area contributed by atoms with E-state index in [0.717, 1.165) is 45.7 Å². The number of methoxy groups -OCH3 is 1. The minimum absolute atomic E-state index is 0.122. The molecule has 2 aromatic carbocycles. The van der Waals surface area contributed by atoms with Gasteiger partial charge in [-0.25, -0.2) is 0 Å². The van der Waals surface area contributed by atoms with Crippen LogP contribution in [-0.2, 0) is 4.74 Å². The first-order valence-electron chi connectivity index (χ1n) is 10.5. The molecule has 9 heteroatoms. The van der Waals surface area contributed by atoms with Gasteiger partial charge in [0, 0.05) is 0 Å². The van der Waals surface area contributed by atoms with E-state index in [2.05, 4.69) is 21.9 Å². The van der Waals surface area contributed by atoms with Gasteiger partial charge in [0.15, 0.2) is 0 Å². The van der Waals surface area contributed by atoms with Crippen LogP contribution < -0.4 is 18.3 Å². The van der Waals surface area contributed by atoms with Gasteiger partial charge < -0.3 is 0 Å². The Bertz CT molecular complexity index is 1080. The summed E-state index contributed by atoms with van der Waals surface area (Å²) in [5.74, 6) is 0.924. The molecule has 1 saturated heterocycles. The van der Waals surface area contributed by atoms with Crippen LogP contribution in [-0.4, -0.2) is 77.2 Å². The summed E-state index contributed by atoms with van der Waals surface area (Å²) in [5.41, 5.74) is 0.779. The van der Waals surface area contributed by atoms with Gasteiger partial charge in [0.25, 0.3) is 0 Å². The van der Waals surface area contributed by atoms with Gasteiger partial charge in [-0.2, -0.15) is 0 Å². The maximum absolute atomic E-state index is 13.6. The fourth-order valence-electron chi connectivity index (χ4n) is 3.54. The van der Waals surface area contributed by atoms with Crippen LogP contribution in [0.25, 0.3) is 10.9 Å². The molecular formula is C23H25AsClFN3O3. The van der Waals surface area contributed by atoms with E-state index in [1.807, 2.05) is 12.1 Å². The zero-order valence-electron chi connectivity index (χ0n) is 18.1. The number of aromatic nitrogens is 2. The average Bonchev–Trinajstić information content (AvgIpc) is 2.78. The Morgan fingerprint density at radius 1 is 1.12 bits per heavy atom. The van der Waals surface area contributed by atoms with Crippen LogP contribution in [0.2, 0.25) is 5.02 Å². The summed E-state index contributed by atoms with van der Waals surface area (Å²) in [5, 5.41) is 1.03. The Morgan fingerprint density at radius 3 is 2.69 bits per heavy atom. The summed E-state index contributed by atoms with van der Waals surface area (Å²) in [6.07, 6.45) is 3.61. The molecule has 3 aromatic rings. The van der Waals surface area contributed by atoms with E-state index in [-0.39, 0.29) is 11.1 Å². The molecule has 0 saturated carbocycles. The second kappa shape index (κ2) is 10.8. The molecule has 0 spiro atoms. The van der Waals surface area contributed by atoms with Crippen molar-refractivity contribution < 1.29 is 18.6 Å². The van der Waals surface area contributed by atoms with Crippen molar-refractivity contribution in [2.24, 2.45) is 0 Å². The number of hydrogen-bond donors (Lipinski definition) is 0. The van der Waals surface area contributed by atoms with Gasteiger partial charge in [-0.1, -0.05) is 0 Å². The second-order valence-electron chi connectivity index (χ2n) is 7.69. The molecule has 0 aliphatic carbocycles. The number of benzene rings is 2. The van der Waals surface area contributed by atoms with E-state index in [0.29, 0.717) is 24.7 Å². The molecule has 6 nitrogen and oxygen atoms in total. The van der Waals surface area contributed by atoms with Gasteiger partial charge >= 0.3 is 199 Å². The second-order valence-corrected chi connectivity index (χ2v) is 10.5. The number of rotatable bonds is 8. The molecule has 4 rings (SSSR count). The van der Waals surface area contributed by atoms with Crippen LogP contribution in [0.3, 0.4) is 0 Å². The Hall–Kier alpha value is -1.92. The molecule has 0 amide bonds. The van der Waals surface area contributed by atoms with Gasteiger partial charge in [-0.15, -0.1) is 0 Å². The summed E-state index contributed by atoms with van der Waals surface area (Å²) in [7, 11) is 3.77. The first-order valence-corrected chi connectivity index (χ1v) is 12.7. The third kappa shape index (κ3) is 5.70. The van der Waals surface area contributed by atoms with Gasteiger partial charge in [0.05, 0.1) is 0 Å². The molecule has 1 aliphatic heterocycles. The van der Waals surface area contributed by atoms with Crippen molar-refractivity contribution in [3.8, 4) is 11.5 Å². The summed E-state index contributed by atoms with van der Waals surface area (Å²) in [4.78, 5) is 11.3. The minimum atomic E-state index is -0.516. The predicted octanol–water partition coefficient (Wildman–Crippen LogP) is 2.58. The van der Waals surface area contributed by atoms with Crippen LogP contribution >= 0.6 is 11.6 Å². The Morgan fingerprint density at radius 2 is 1.94 bits per heavy atom. The van der Waals surface area contributed by atoms with Crippen molar-refractivity contribution in [3.63, 3.8) is 0 Å². The Labute approximate surface area is 198 Å². The first kappa shape index (κ1) is 23.2. The molecule has 1 aliphatic rings. The van der Waals surface area contributed by atoms with E-state index in [4.69, 9.17) is 25.8 Å². The fourth-order valence-corrected chi connectivity index (χ4v) is 5.98. The van der Waals surface area contributed by atoms with Crippen LogP contribution in [0.15, 0.2) is 36.7 Å². The molecule has 1 radical (unpaired) electrons. The average molecular weight is 521 g/mol. The predicted molar refractivity (Wildman–Crippen MR) is 124 cm³/mol. The van der Waals surface area contributed by atoms with E-state index in [1.165, 1.54) is 6.07 Å². The summed E-state index contributed by atoms with van der Waals surface area (Å²) in [6.45, 7) is 2.91. The van der Waals surface area contributed by atoms with Crippen molar-refractivity contribution in [1.82, 2.24) is 14.9 Å². The molecule has 32 heavy (non-hydrogen) atoms. The third-order valence-electron chi connectivity index (χ3n) is 5.32. The molecule has 169 valence electrons. The van der Waals surface area contributed by atoms with Crippen molar-refractivity contribution in [3.05, 3.63) is 47.5 Å². The van der Waals surface area contributed by atoms with E-state index < -0.39 is 21.6 Å². The summed E-state index contributed by atoms with van der Waals surface area (Å²) >= 11 is 5.46. The molecule has 0 bridgehead atoms. The normalized spacial score (nSPS) is 15.6. The van der Waals surface area contributed by atoms with Crippen molar-refractivity contribution in [2.45, 2.75) is 18.9 Å². The van der Waals surface area contributed by atoms with Gasteiger partial charge in [-0.3, -0.25) is 0 Å². The standard InChI is InChI=1S/C23H25AsClFN3O3/c1-29-7-5-16(6-8-29)32-22-12-17-20(13-21(22)31-10-9-30-2)27-14-28-23(17)24-15-3-4-19(26)18(25)11-15/h3-4,11-14,16H,5-10H2,1-2H3. The SMILES string of the molecule is COCCOc1cc2ncnc([As]c3ccc(F)c(Cl)c3)c2cc1OC1CCN(C)CC1. The molecule has 0 N–H and O–H groups in total. The molecule has 1 fully saturated rings.